The molecule has 0 spiro atoms. The van der Waals surface area contributed by atoms with E-state index in [-0.39, 0.29) is 0 Å². The number of carbonyl (C=O) groups excluding carboxylic acids is 1. The van der Waals surface area contributed by atoms with Crippen molar-refractivity contribution in [1.82, 2.24) is 15.0 Å². The number of carbonyl (C=O) groups is 1. The molecule has 23 heavy (non-hydrogen) atoms. The fraction of sp³-hybridized carbons (Fsp3) is 0.235. The van der Waals surface area contributed by atoms with Crippen LogP contribution >= 0.6 is 11.6 Å². The van der Waals surface area contributed by atoms with Gasteiger partial charge in [-0.05, 0) is 36.5 Å². The molecule has 2 aromatic carbocycles. The van der Waals surface area contributed by atoms with Crippen LogP contribution < -0.4 is 5.73 Å². The zero-order valence-corrected chi connectivity index (χ0v) is 13.1. The molecule has 0 radical (unpaired) electrons. The van der Waals surface area contributed by atoms with Gasteiger partial charge in [0.15, 0.2) is 0 Å². The molecule has 1 amide bonds. The summed E-state index contributed by atoms with van der Waals surface area (Å²) >= 11 is 6.55. The van der Waals surface area contributed by atoms with Gasteiger partial charge in [0.25, 0.3) is 0 Å². The molecule has 0 unspecified atom stereocenters. The first-order valence-corrected chi connectivity index (χ1v) is 7.94. The van der Waals surface area contributed by atoms with Crippen molar-refractivity contribution in [3.05, 3.63) is 47.0 Å². The molecule has 3 aromatic rings. The van der Waals surface area contributed by atoms with Crippen LogP contribution in [0.5, 0.6) is 0 Å². The highest BCUT2D eigenvalue weighted by Crippen LogP contribution is 2.36. The third-order valence-corrected chi connectivity index (χ3v) is 4.62. The predicted octanol–water partition coefficient (Wildman–Crippen LogP) is 3.26. The van der Waals surface area contributed by atoms with Crippen LogP contribution in [0.15, 0.2) is 36.4 Å². The van der Waals surface area contributed by atoms with Gasteiger partial charge in [-0.3, -0.25) is 4.79 Å². The molecule has 0 bridgehead atoms. The lowest BCUT2D eigenvalue weighted by atomic mass is 9.99. The SMILES string of the molecule is NC(=O)c1ccccc1-c1ccc2c(nnn2CC2CC2)c1Cl. The molecule has 1 saturated carbocycles. The second kappa shape index (κ2) is 5.35. The number of nitrogens with zero attached hydrogens (tertiary/aromatic N) is 3. The van der Waals surface area contributed by atoms with Crippen LogP contribution in [0.3, 0.4) is 0 Å². The van der Waals surface area contributed by atoms with Gasteiger partial charge in [-0.25, -0.2) is 4.68 Å². The van der Waals surface area contributed by atoms with Gasteiger partial charge in [0, 0.05) is 17.7 Å². The van der Waals surface area contributed by atoms with Crippen molar-refractivity contribution in [2.24, 2.45) is 11.7 Å². The molecule has 1 aliphatic carbocycles. The molecule has 2 N–H and O–H groups in total. The Kier molecular flexibility index (Phi) is 3.31. The molecule has 1 aliphatic rings. The van der Waals surface area contributed by atoms with Gasteiger partial charge >= 0.3 is 0 Å². The number of aromatic nitrogens is 3. The van der Waals surface area contributed by atoms with Crippen LogP contribution in [-0.4, -0.2) is 20.9 Å². The van der Waals surface area contributed by atoms with Crippen molar-refractivity contribution in [2.45, 2.75) is 19.4 Å². The average Bonchev–Trinajstić information content (AvgIpc) is 3.27. The predicted molar refractivity (Wildman–Crippen MR) is 89.2 cm³/mol. The molecule has 6 heteroatoms. The zero-order chi connectivity index (χ0) is 16.0. The first-order chi connectivity index (χ1) is 11.1. The van der Waals surface area contributed by atoms with Crippen LogP contribution in [0.4, 0.5) is 0 Å². The Morgan fingerprint density at radius 2 is 2.00 bits per heavy atom. The van der Waals surface area contributed by atoms with Gasteiger partial charge in [-0.1, -0.05) is 41.1 Å². The van der Waals surface area contributed by atoms with E-state index in [2.05, 4.69) is 10.3 Å². The van der Waals surface area contributed by atoms with E-state index in [4.69, 9.17) is 17.3 Å². The fourth-order valence-electron chi connectivity index (χ4n) is 2.83. The molecule has 0 atom stereocenters. The molecule has 1 heterocycles. The van der Waals surface area contributed by atoms with E-state index < -0.39 is 5.91 Å². The van der Waals surface area contributed by atoms with Crippen molar-refractivity contribution < 1.29 is 4.79 Å². The van der Waals surface area contributed by atoms with Gasteiger partial charge in [-0.15, -0.1) is 5.10 Å². The first kappa shape index (κ1) is 14.2. The lowest BCUT2D eigenvalue weighted by molar-refractivity contribution is 0.100. The molecule has 1 fully saturated rings. The number of primary amides is 1. The lowest BCUT2D eigenvalue weighted by Crippen LogP contribution is -2.12. The first-order valence-electron chi connectivity index (χ1n) is 7.56. The number of amides is 1. The number of benzene rings is 2. The van der Waals surface area contributed by atoms with Crippen molar-refractivity contribution in [2.75, 3.05) is 0 Å². The maximum Gasteiger partial charge on any atom is 0.249 e. The number of rotatable bonds is 4. The van der Waals surface area contributed by atoms with E-state index in [9.17, 15) is 4.79 Å². The second-order valence-corrected chi connectivity index (χ2v) is 6.30. The standard InChI is InChI=1S/C17H15ClN4O/c18-15-12(11-3-1-2-4-13(11)17(19)23)7-8-14-16(15)20-21-22(14)9-10-5-6-10/h1-4,7-8,10H,5-6,9H2,(H2,19,23). The summed E-state index contributed by atoms with van der Waals surface area (Å²) in [6, 6.07) is 11.0. The quantitative estimate of drug-likeness (QED) is 0.799. The summed E-state index contributed by atoms with van der Waals surface area (Å²) < 4.78 is 1.91. The van der Waals surface area contributed by atoms with E-state index in [0.29, 0.717) is 27.6 Å². The van der Waals surface area contributed by atoms with Gasteiger partial charge in [0.05, 0.1) is 10.5 Å². The molecular weight excluding hydrogens is 312 g/mol. The van der Waals surface area contributed by atoms with Crippen LogP contribution in [-0.2, 0) is 6.54 Å². The van der Waals surface area contributed by atoms with Crippen molar-refractivity contribution in [3.63, 3.8) is 0 Å². The van der Waals surface area contributed by atoms with Gasteiger partial charge in [-0.2, -0.15) is 0 Å². The highest BCUT2D eigenvalue weighted by molar-refractivity contribution is 6.38. The normalized spacial score (nSPS) is 14.3. The highest BCUT2D eigenvalue weighted by Gasteiger charge is 2.24. The van der Waals surface area contributed by atoms with Gasteiger partial charge < -0.3 is 5.73 Å². The minimum Gasteiger partial charge on any atom is -0.366 e. The largest absolute Gasteiger partial charge is 0.366 e. The summed E-state index contributed by atoms with van der Waals surface area (Å²) in [5.41, 5.74) is 8.94. The summed E-state index contributed by atoms with van der Waals surface area (Å²) in [6.45, 7) is 0.879. The Labute approximate surface area is 138 Å². The van der Waals surface area contributed by atoms with E-state index in [1.54, 1.807) is 12.1 Å². The average molecular weight is 327 g/mol. The third-order valence-electron chi connectivity index (χ3n) is 4.24. The monoisotopic (exact) mass is 326 g/mol. The minimum absolute atomic E-state index is 0.444. The van der Waals surface area contributed by atoms with Gasteiger partial charge in [0.1, 0.15) is 5.52 Å². The van der Waals surface area contributed by atoms with Crippen LogP contribution in [0, 0.1) is 5.92 Å². The topological polar surface area (TPSA) is 73.8 Å². The van der Waals surface area contributed by atoms with Crippen molar-refractivity contribution in [1.29, 1.82) is 0 Å². The van der Waals surface area contributed by atoms with Crippen molar-refractivity contribution >= 4 is 28.5 Å². The fourth-order valence-corrected chi connectivity index (χ4v) is 3.12. The Hall–Kier alpha value is -2.40. The van der Waals surface area contributed by atoms with Gasteiger partial charge in [0.2, 0.25) is 5.91 Å². The van der Waals surface area contributed by atoms with Crippen LogP contribution in [0.1, 0.15) is 23.2 Å². The smallest absolute Gasteiger partial charge is 0.249 e. The van der Waals surface area contributed by atoms with Crippen molar-refractivity contribution in [3.8, 4) is 11.1 Å². The molecule has 0 saturated heterocycles. The molecule has 0 aliphatic heterocycles. The van der Waals surface area contributed by atoms with E-state index >= 15 is 0 Å². The summed E-state index contributed by atoms with van der Waals surface area (Å²) in [4.78, 5) is 11.6. The summed E-state index contributed by atoms with van der Waals surface area (Å²) in [7, 11) is 0. The van der Waals surface area contributed by atoms with E-state index in [0.717, 1.165) is 17.6 Å². The molecule has 116 valence electrons. The molecule has 1 aromatic heterocycles. The Morgan fingerprint density at radius 1 is 1.22 bits per heavy atom. The van der Waals surface area contributed by atoms with E-state index in [1.807, 2.05) is 28.9 Å². The maximum absolute atomic E-state index is 11.6. The molecular formula is C17H15ClN4O. The Bertz CT molecular complexity index is 914. The summed E-state index contributed by atoms with van der Waals surface area (Å²) in [5, 5.41) is 8.94. The third kappa shape index (κ3) is 2.47. The Balaban J connectivity index is 1.86. The number of fused-ring (bicyclic) bond motifs is 1. The summed E-state index contributed by atoms with van der Waals surface area (Å²) in [5.74, 6) is 0.225. The number of nitrogens with two attached hydrogens (primary N) is 1. The second-order valence-electron chi connectivity index (χ2n) is 5.92. The Morgan fingerprint density at radius 3 is 2.74 bits per heavy atom. The maximum atomic E-state index is 11.6. The summed E-state index contributed by atoms with van der Waals surface area (Å²) in [6.07, 6.45) is 2.50. The van der Waals surface area contributed by atoms with E-state index in [1.165, 1.54) is 12.8 Å². The van der Waals surface area contributed by atoms with Crippen LogP contribution in [0.2, 0.25) is 5.02 Å². The zero-order valence-electron chi connectivity index (χ0n) is 12.4. The van der Waals surface area contributed by atoms with Crippen LogP contribution in [0.25, 0.3) is 22.2 Å². The number of hydrogen-bond acceptors (Lipinski definition) is 3. The lowest BCUT2D eigenvalue weighted by Gasteiger charge is -2.09. The molecule has 4 rings (SSSR count). The highest BCUT2D eigenvalue weighted by atomic mass is 35.5. The minimum atomic E-state index is -0.478. The molecule has 5 nitrogen and oxygen atoms in total. The number of hydrogen-bond donors (Lipinski definition) is 1. The number of halogens is 1.